The molecule has 0 spiro atoms. The highest BCUT2D eigenvalue weighted by atomic mass is 35.5. The van der Waals surface area contributed by atoms with Gasteiger partial charge in [0.25, 0.3) is 0 Å². The van der Waals surface area contributed by atoms with E-state index in [9.17, 15) is 9.59 Å². The van der Waals surface area contributed by atoms with E-state index in [1.807, 2.05) is 12.1 Å². The lowest BCUT2D eigenvalue weighted by molar-refractivity contribution is -0.129. The maximum absolute atomic E-state index is 11.8. The molecule has 0 aliphatic heterocycles. The van der Waals surface area contributed by atoms with Crippen LogP contribution in [0.15, 0.2) is 24.3 Å². The Kier molecular flexibility index (Phi) is 7.83. The van der Waals surface area contributed by atoms with Crippen molar-refractivity contribution in [1.29, 1.82) is 0 Å². The van der Waals surface area contributed by atoms with Crippen LogP contribution in [0.2, 0.25) is 5.02 Å². The monoisotopic (exact) mass is 310 g/mol. The summed E-state index contributed by atoms with van der Waals surface area (Å²) in [5.41, 5.74) is 0.923. The van der Waals surface area contributed by atoms with Crippen molar-refractivity contribution in [3.8, 4) is 0 Å². The van der Waals surface area contributed by atoms with Crippen molar-refractivity contribution < 1.29 is 9.59 Å². The largest absolute Gasteiger partial charge is 0.354 e. The van der Waals surface area contributed by atoms with Gasteiger partial charge in [0.05, 0.1) is 6.42 Å². The smallest absolute Gasteiger partial charge is 0.224 e. The van der Waals surface area contributed by atoms with Crippen LogP contribution in [0.1, 0.15) is 32.3 Å². The Hall–Kier alpha value is -1.55. The number of hydrogen-bond donors (Lipinski definition) is 1. The summed E-state index contributed by atoms with van der Waals surface area (Å²) in [6, 6.07) is 7.22. The number of hydrogen-bond acceptors (Lipinski definition) is 2. The van der Waals surface area contributed by atoms with Crippen molar-refractivity contribution >= 4 is 23.4 Å². The Morgan fingerprint density at radius 1 is 1.19 bits per heavy atom. The highest BCUT2D eigenvalue weighted by Gasteiger charge is 2.08. The van der Waals surface area contributed by atoms with Gasteiger partial charge >= 0.3 is 0 Å². The third-order valence-corrected chi connectivity index (χ3v) is 3.46. The lowest BCUT2D eigenvalue weighted by atomic mass is 10.1. The average Bonchev–Trinajstić information content (AvgIpc) is 2.44. The molecule has 0 saturated carbocycles. The molecule has 1 N–H and O–H groups in total. The first-order valence-corrected chi connectivity index (χ1v) is 7.67. The van der Waals surface area contributed by atoms with Crippen LogP contribution in [0.3, 0.4) is 0 Å². The second-order valence-corrected chi connectivity index (χ2v) is 5.45. The summed E-state index contributed by atoms with van der Waals surface area (Å²) in [6.45, 7) is 5.44. The first-order valence-electron chi connectivity index (χ1n) is 7.29. The SMILES string of the molecule is CCCCN(CCNC(=O)Cc1ccc(Cl)cc1)C(C)=O. The molecule has 1 aromatic rings. The number of amides is 2. The molecular weight excluding hydrogens is 288 g/mol. The van der Waals surface area contributed by atoms with Crippen LogP contribution in [-0.4, -0.2) is 36.3 Å². The molecule has 0 atom stereocenters. The molecule has 0 fully saturated rings. The highest BCUT2D eigenvalue weighted by molar-refractivity contribution is 6.30. The number of carbonyl (C=O) groups excluding carboxylic acids is 2. The molecule has 0 saturated heterocycles. The van der Waals surface area contributed by atoms with E-state index >= 15 is 0 Å². The van der Waals surface area contributed by atoms with Crippen molar-refractivity contribution in [3.63, 3.8) is 0 Å². The Morgan fingerprint density at radius 2 is 1.86 bits per heavy atom. The van der Waals surface area contributed by atoms with Gasteiger partial charge in [0.2, 0.25) is 11.8 Å². The van der Waals surface area contributed by atoms with Crippen LogP contribution in [0.5, 0.6) is 0 Å². The number of nitrogens with one attached hydrogen (secondary N) is 1. The van der Waals surface area contributed by atoms with E-state index in [2.05, 4.69) is 12.2 Å². The molecule has 0 unspecified atom stereocenters. The summed E-state index contributed by atoms with van der Waals surface area (Å²) in [4.78, 5) is 25.0. The maximum atomic E-state index is 11.8. The zero-order valence-electron chi connectivity index (χ0n) is 12.7. The molecule has 1 rings (SSSR count). The Bertz CT molecular complexity index is 460. The first-order chi connectivity index (χ1) is 10.0. The number of halogens is 1. The Labute approximate surface area is 131 Å². The molecular formula is C16H23ClN2O2. The van der Waals surface area contributed by atoms with Crippen molar-refractivity contribution in [3.05, 3.63) is 34.9 Å². The predicted octanol–water partition coefficient (Wildman–Crippen LogP) is 2.65. The molecule has 2 amide bonds. The summed E-state index contributed by atoms with van der Waals surface area (Å²) in [5, 5.41) is 3.50. The fraction of sp³-hybridized carbons (Fsp3) is 0.500. The summed E-state index contributed by atoms with van der Waals surface area (Å²) in [5.74, 6) is 0.00622. The number of nitrogens with zero attached hydrogens (tertiary/aromatic N) is 1. The zero-order valence-corrected chi connectivity index (χ0v) is 13.4. The van der Waals surface area contributed by atoms with Crippen molar-refractivity contribution in [2.75, 3.05) is 19.6 Å². The van der Waals surface area contributed by atoms with E-state index in [0.29, 0.717) is 24.5 Å². The molecule has 5 heteroatoms. The van der Waals surface area contributed by atoms with E-state index in [-0.39, 0.29) is 11.8 Å². The van der Waals surface area contributed by atoms with Crippen LogP contribution in [0, 0.1) is 0 Å². The van der Waals surface area contributed by atoms with Crippen LogP contribution >= 0.6 is 11.6 Å². The fourth-order valence-corrected chi connectivity index (χ4v) is 2.08. The van der Waals surface area contributed by atoms with Gasteiger partial charge in [0.15, 0.2) is 0 Å². The topological polar surface area (TPSA) is 49.4 Å². The molecule has 0 radical (unpaired) electrons. The average molecular weight is 311 g/mol. The molecule has 0 aliphatic rings. The standard InChI is InChI=1S/C16H23ClN2O2/c1-3-4-10-19(13(2)20)11-9-18-16(21)12-14-5-7-15(17)8-6-14/h5-8H,3-4,9-12H2,1-2H3,(H,18,21). The minimum atomic E-state index is -0.0451. The number of rotatable bonds is 8. The Balaban J connectivity index is 2.31. The van der Waals surface area contributed by atoms with E-state index < -0.39 is 0 Å². The van der Waals surface area contributed by atoms with E-state index in [0.717, 1.165) is 24.9 Å². The van der Waals surface area contributed by atoms with E-state index in [1.54, 1.807) is 24.0 Å². The summed E-state index contributed by atoms with van der Waals surface area (Å²) in [6.07, 6.45) is 2.36. The summed E-state index contributed by atoms with van der Waals surface area (Å²) in [7, 11) is 0. The van der Waals surface area contributed by atoms with E-state index in [1.165, 1.54) is 0 Å². The van der Waals surface area contributed by atoms with Gasteiger partial charge in [-0.15, -0.1) is 0 Å². The quantitative estimate of drug-likeness (QED) is 0.802. The van der Waals surface area contributed by atoms with Crippen LogP contribution < -0.4 is 5.32 Å². The molecule has 1 aromatic carbocycles. The van der Waals surface area contributed by atoms with Gasteiger partial charge < -0.3 is 10.2 Å². The molecule has 0 aromatic heterocycles. The minimum Gasteiger partial charge on any atom is -0.354 e. The van der Waals surface area contributed by atoms with Gasteiger partial charge in [0.1, 0.15) is 0 Å². The molecule has 21 heavy (non-hydrogen) atoms. The Morgan fingerprint density at radius 3 is 2.43 bits per heavy atom. The third-order valence-electron chi connectivity index (χ3n) is 3.21. The van der Waals surface area contributed by atoms with Gasteiger partial charge in [-0.2, -0.15) is 0 Å². The highest BCUT2D eigenvalue weighted by Crippen LogP contribution is 2.09. The number of unbranched alkanes of at least 4 members (excludes halogenated alkanes) is 1. The second-order valence-electron chi connectivity index (χ2n) is 5.01. The molecule has 4 nitrogen and oxygen atoms in total. The number of carbonyl (C=O) groups is 2. The maximum Gasteiger partial charge on any atom is 0.224 e. The molecule has 116 valence electrons. The summed E-state index contributed by atoms with van der Waals surface area (Å²) < 4.78 is 0. The van der Waals surface area contributed by atoms with Crippen molar-refractivity contribution in [2.24, 2.45) is 0 Å². The van der Waals surface area contributed by atoms with Gasteiger partial charge in [-0.3, -0.25) is 9.59 Å². The normalized spacial score (nSPS) is 10.2. The minimum absolute atomic E-state index is 0.0451. The third kappa shape index (κ3) is 7.14. The van der Waals surface area contributed by atoms with E-state index in [4.69, 9.17) is 11.6 Å². The van der Waals surface area contributed by atoms with Crippen LogP contribution in [-0.2, 0) is 16.0 Å². The van der Waals surface area contributed by atoms with Gasteiger partial charge in [-0.1, -0.05) is 37.1 Å². The van der Waals surface area contributed by atoms with Crippen LogP contribution in [0.25, 0.3) is 0 Å². The molecule has 0 heterocycles. The van der Waals surface area contributed by atoms with Gasteiger partial charge in [0, 0.05) is 31.6 Å². The zero-order chi connectivity index (χ0) is 15.7. The fourth-order valence-electron chi connectivity index (χ4n) is 1.96. The molecule has 0 bridgehead atoms. The number of benzene rings is 1. The lowest BCUT2D eigenvalue weighted by Gasteiger charge is -2.20. The summed E-state index contributed by atoms with van der Waals surface area (Å²) >= 11 is 5.80. The van der Waals surface area contributed by atoms with Gasteiger partial charge in [-0.05, 0) is 24.1 Å². The van der Waals surface area contributed by atoms with Crippen molar-refractivity contribution in [1.82, 2.24) is 10.2 Å². The predicted molar refractivity (Wildman–Crippen MR) is 85.3 cm³/mol. The van der Waals surface area contributed by atoms with Crippen molar-refractivity contribution in [2.45, 2.75) is 33.1 Å². The van der Waals surface area contributed by atoms with Crippen LogP contribution in [0.4, 0.5) is 0 Å². The lowest BCUT2D eigenvalue weighted by Crippen LogP contribution is -2.38. The first kappa shape index (κ1) is 17.5. The van der Waals surface area contributed by atoms with Gasteiger partial charge in [-0.25, -0.2) is 0 Å². The molecule has 0 aliphatic carbocycles. The second kappa shape index (κ2) is 9.40.